The van der Waals surface area contributed by atoms with Crippen molar-refractivity contribution >= 4 is 41.0 Å². The van der Waals surface area contributed by atoms with Gasteiger partial charge in [-0.25, -0.2) is 4.79 Å². The Morgan fingerprint density at radius 3 is 2.72 bits per heavy atom. The smallest absolute Gasteiger partial charge is 0.354 e. The number of para-hydroxylation sites is 1. The van der Waals surface area contributed by atoms with Crippen molar-refractivity contribution in [2.45, 2.75) is 24.9 Å². The number of hydrogen-bond donors (Lipinski definition) is 1. The van der Waals surface area contributed by atoms with Gasteiger partial charge >= 0.3 is 5.97 Å². The Kier molecular flexibility index (Phi) is 5.88. The minimum absolute atomic E-state index is 0.0902. The van der Waals surface area contributed by atoms with Crippen LogP contribution in [0.4, 0.5) is 5.69 Å². The quantitative estimate of drug-likeness (QED) is 0.673. The fourth-order valence-electron chi connectivity index (χ4n) is 4.23. The van der Waals surface area contributed by atoms with Gasteiger partial charge in [-0.3, -0.25) is 19.3 Å². The van der Waals surface area contributed by atoms with Crippen molar-refractivity contribution in [3.63, 3.8) is 0 Å². The molecule has 1 N–H and O–H groups in total. The van der Waals surface area contributed by atoms with E-state index in [4.69, 9.17) is 16.3 Å². The lowest BCUT2D eigenvalue weighted by Gasteiger charge is -2.46. The summed E-state index contributed by atoms with van der Waals surface area (Å²) in [5.41, 5.74) is 0.0899. The number of esters is 1. The first-order chi connectivity index (χ1) is 15.3. The topological polar surface area (TPSA) is 96.0 Å². The molecular formula is C23H22ClN3O5. The number of halogens is 1. The first kappa shape index (κ1) is 21.8. The second kappa shape index (κ2) is 8.63. The van der Waals surface area contributed by atoms with E-state index in [2.05, 4.69) is 5.32 Å². The number of anilines is 1. The van der Waals surface area contributed by atoms with Crippen molar-refractivity contribution in [3.05, 3.63) is 64.7 Å². The molecule has 2 aliphatic rings. The van der Waals surface area contributed by atoms with Crippen molar-refractivity contribution in [1.82, 2.24) is 10.2 Å². The van der Waals surface area contributed by atoms with E-state index in [1.165, 1.54) is 16.8 Å². The highest BCUT2D eigenvalue weighted by molar-refractivity contribution is 6.30. The zero-order valence-electron chi connectivity index (χ0n) is 17.5. The van der Waals surface area contributed by atoms with Crippen LogP contribution in [0.2, 0.25) is 5.02 Å². The minimum atomic E-state index is -1.59. The minimum Gasteiger partial charge on any atom is -0.452 e. The van der Waals surface area contributed by atoms with Gasteiger partial charge in [0.15, 0.2) is 6.61 Å². The van der Waals surface area contributed by atoms with Gasteiger partial charge < -0.3 is 15.0 Å². The van der Waals surface area contributed by atoms with Crippen LogP contribution in [0, 0.1) is 0 Å². The Morgan fingerprint density at radius 2 is 1.94 bits per heavy atom. The maximum atomic E-state index is 13.1. The van der Waals surface area contributed by atoms with Crippen LogP contribution >= 0.6 is 11.6 Å². The highest BCUT2D eigenvalue weighted by atomic mass is 35.5. The first-order valence-corrected chi connectivity index (χ1v) is 10.6. The average molecular weight is 456 g/mol. The zero-order chi connectivity index (χ0) is 22.9. The van der Waals surface area contributed by atoms with Crippen molar-refractivity contribution < 1.29 is 23.9 Å². The molecule has 0 radical (unpaired) electrons. The van der Waals surface area contributed by atoms with Crippen LogP contribution < -0.4 is 10.2 Å². The third-order valence-electron chi connectivity index (χ3n) is 5.83. The Hall–Kier alpha value is -3.39. The van der Waals surface area contributed by atoms with Gasteiger partial charge in [0.2, 0.25) is 11.6 Å². The molecule has 0 aliphatic carbocycles. The van der Waals surface area contributed by atoms with Gasteiger partial charge in [-0.1, -0.05) is 35.9 Å². The third kappa shape index (κ3) is 3.71. The van der Waals surface area contributed by atoms with Gasteiger partial charge in [-0.05, 0) is 36.2 Å². The largest absolute Gasteiger partial charge is 0.452 e. The van der Waals surface area contributed by atoms with Gasteiger partial charge in [0, 0.05) is 31.5 Å². The fourth-order valence-corrected chi connectivity index (χ4v) is 4.44. The van der Waals surface area contributed by atoms with Crippen LogP contribution in [-0.4, -0.2) is 54.5 Å². The third-order valence-corrected chi connectivity index (χ3v) is 6.06. The lowest BCUT2D eigenvalue weighted by molar-refractivity contribution is -0.159. The summed E-state index contributed by atoms with van der Waals surface area (Å²) in [5, 5.41) is 3.31. The number of ether oxygens (including phenoxy) is 1. The molecule has 0 aromatic heterocycles. The summed E-state index contributed by atoms with van der Waals surface area (Å²) in [6, 6.07) is 14.0. The molecule has 1 saturated heterocycles. The molecule has 0 saturated carbocycles. The molecule has 9 heteroatoms. The van der Waals surface area contributed by atoms with Crippen LogP contribution in [0.3, 0.4) is 0 Å². The summed E-state index contributed by atoms with van der Waals surface area (Å²) < 4.78 is 5.29. The normalized spacial score (nSPS) is 19.4. The molecule has 166 valence electrons. The first-order valence-electron chi connectivity index (χ1n) is 10.2. The predicted molar refractivity (Wildman–Crippen MR) is 117 cm³/mol. The van der Waals surface area contributed by atoms with Crippen LogP contribution in [0.25, 0.3) is 0 Å². The Morgan fingerprint density at radius 1 is 1.16 bits per heavy atom. The Balaban J connectivity index is 1.42. The number of hydrogen-bond acceptors (Lipinski definition) is 5. The van der Waals surface area contributed by atoms with Gasteiger partial charge in [-0.15, -0.1) is 0 Å². The van der Waals surface area contributed by atoms with E-state index in [9.17, 15) is 19.2 Å². The lowest BCUT2D eigenvalue weighted by atomic mass is 9.97. The molecule has 3 amide bonds. The maximum absolute atomic E-state index is 13.1. The number of nitrogens with zero attached hydrogens (tertiary/aromatic N) is 2. The molecule has 0 spiro atoms. The maximum Gasteiger partial charge on any atom is 0.354 e. The van der Waals surface area contributed by atoms with E-state index in [1.807, 2.05) is 18.2 Å². The van der Waals surface area contributed by atoms with E-state index >= 15 is 0 Å². The lowest BCUT2D eigenvalue weighted by Crippen LogP contribution is -2.67. The van der Waals surface area contributed by atoms with Crippen molar-refractivity contribution in [3.8, 4) is 0 Å². The van der Waals surface area contributed by atoms with E-state index in [0.29, 0.717) is 29.2 Å². The molecule has 4 rings (SSSR count). The van der Waals surface area contributed by atoms with Gasteiger partial charge in [-0.2, -0.15) is 0 Å². The molecular weight excluding hydrogens is 434 g/mol. The molecule has 1 atom stereocenters. The SMILES string of the molecule is CN1C(=O)c2ccccc2N2C(=O)CCC12C(=O)OCC(=O)NCCc1cccc(Cl)c1. The number of carbonyl (C=O) groups is 4. The van der Waals surface area contributed by atoms with Gasteiger partial charge in [0.1, 0.15) is 0 Å². The number of fused-ring (bicyclic) bond motifs is 3. The molecule has 2 aromatic carbocycles. The van der Waals surface area contributed by atoms with E-state index < -0.39 is 24.1 Å². The van der Waals surface area contributed by atoms with Gasteiger partial charge in [0.05, 0.1) is 11.3 Å². The predicted octanol–water partition coefficient (Wildman–Crippen LogP) is 2.15. The molecule has 2 aliphatic heterocycles. The Labute approximate surface area is 190 Å². The summed E-state index contributed by atoms with van der Waals surface area (Å²) in [6.07, 6.45) is 0.755. The molecule has 32 heavy (non-hydrogen) atoms. The summed E-state index contributed by atoms with van der Waals surface area (Å²) in [6.45, 7) is -0.167. The highest BCUT2D eigenvalue weighted by Gasteiger charge is 2.60. The molecule has 1 unspecified atom stereocenters. The fraction of sp³-hybridized carbons (Fsp3) is 0.304. The van der Waals surface area contributed by atoms with E-state index in [1.54, 1.807) is 30.3 Å². The molecule has 2 aromatic rings. The summed E-state index contributed by atoms with van der Waals surface area (Å²) >= 11 is 5.95. The second-order valence-electron chi connectivity index (χ2n) is 7.73. The number of amides is 3. The number of likely N-dealkylation sites (N-methyl/N-ethyl adjacent to an activating group) is 1. The highest BCUT2D eigenvalue weighted by Crippen LogP contribution is 2.44. The number of benzene rings is 2. The van der Waals surface area contributed by atoms with E-state index in [0.717, 1.165) is 5.56 Å². The average Bonchev–Trinajstić information content (AvgIpc) is 3.14. The van der Waals surface area contributed by atoms with Crippen LogP contribution in [0.1, 0.15) is 28.8 Å². The van der Waals surface area contributed by atoms with E-state index in [-0.39, 0.29) is 24.7 Å². The van der Waals surface area contributed by atoms with Crippen LogP contribution in [0.15, 0.2) is 48.5 Å². The van der Waals surface area contributed by atoms with Crippen LogP contribution in [0.5, 0.6) is 0 Å². The molecule has 2 heterocycles. The number of rotatable bonds is 6. The summed E-state index contributed by atoms with van der Waals surface area (Å²) in [5.74, 6) is -1.94. The zero-order valence-corrected chi connectivity index (χ0v) is 18.2. The summed E-state index contributed by atoms with van der Waals surface area (Å²) in [7, 11) is 1.47. The summed E-state index contributed by atoms with van der Waals surface area (Å²) in [4.78, 5) is 53.5. The molecule has 1 fully saturated rings. The second-order valence-corrected chi connectivity index (χ2v) is 8.17. The molecule has 0 bridgehead atoms. The number of nitrogens with one attached hydrogen (secondary N) is 1. The van der Waals surface area contributed by atoms with Crippen molar-refractivity contribution in [1.29, 1.82) is 0 Å². The van der Waals surface area contributed by atoms with Crippen molar-refractivity contribution in [2.75, 3.05) is 25.1 Å². The standard InChI is InChI=1S/C23H22ClN3O5/c1-26-21(30)17-7-2-3-8-18(17)27-20(29)9-11-23(26,27)22(31)32-14-19(28)25-12-10-15-5-4-6-16(24)13-15/h2-8,13H,9-12,14H2,1H3,(H,25,28). The monoisotopic (exact) mass is 455 g/mol. The Bertz CT molecular complexity index is 1100. The number of carbonyl (C=O) groups excluding carboxylic acids is 4. The van der Waals surface area contributed by atoms with Crippen molar-refractivity contribution in [2.24, 2.45) is 0 Å². The van der Waals surface area contributed by atoms with Crippen LogP contribution in [-0.2, 0) is 25.5 Å². The van der Waals surface area contributed by atoms with Gasteiger partial charge in [0.25, 0.3) is 11.8 Å². The molecule has 8 nitrogen and oxygen atoms in total.